The Morgan fingerprint density at radius 2 is 1.62 bits per heavy atom. The number of allylic oxidation sites excluding steroid dienone is 9. The van der Waals surface area contributed by atoms with Crippen molar-refractivity contribution in [2.45, 2.75) is 70.6 Å². The van der Waals surface area contributed by atoms with E-state index in [4.69, 9.17) is 16.2 Å². The number of hydrogen-bond acceptors (Lipinski definition) is 6. The Balaban J connectivity index is 1.56. The van der Waals surface area contributed by atoms with Crippen molar-refractivity contribution in [3.63, 3.8) is 0 Å². The molecule has 0 atom stereocenters. The summed E-state index contributed by atoms with van der Waals surface area (Å²) < 4.78 is 63.4. The summed E-state index contributed by atoms with van der Waals surface area (Å²) in [6, 6.07) is 16.0. The number of nitrogens with zero attached hydrogens (tertiary/aromatic N) is 1. The van der Waals surface area contributed by atoms with Gasteiger partial charge in [0.15, 0.2) is 0 Å². The van der Waals surface area contributed by atoms with E-state index in [1.807, 2.05) is 54.6 Å². The third kappa shape index (κ3) is 9.30. The minimum atomic E-state index is -4.05. The topological polar surface area (TPSA) is 124 Å². The van der Waals surface area contributed by atoms with E-state index < -0.39 is 25.7 Å². The molecule has 0 unspecified atom stereocenters. The van der Waals surface area contributed by atoms with Gasteiger partial charge in [0.25, 0.3) is 20.2 Å². The zero-order valence-electron chi connectivity index (χ0n) is 28.2. The molecule has 0 saturated carbocycles. The number of nitrogens with one attached hydrogen (secondary N) is 1. The third-order valence-corrected chi connectivity index (χ3v) is 11.4. The first-order valence-electron chi connectivity index (χ1n) is 16.2. The molecule has 4 rings (SSSR count). The number of para-hydroxylation sites is 2. The van der Waals surface area contributed by atoms with Crippen molar-refractivity contribution in [3.8, 4) is 0 Å². The van der Waals surface area contributed by atoms with E-state index in [0.717, 1.165) is 64.2 Å². The minimum Gasteiger partial charge on any atom is -0.385 e. The van der Waals surface area contributed by atoms with E-state index in [9.17, 15) is 21.4 Å². The Labute approximate surface area is 291 Å². The lowest BCUT2D eigenvalue weighted by Crippen LogP contribution is -2.28. The van der Waals surface area contributed by atoms with E-state index in [-0.39, 0.29) is 23.3 Å². The van der Waals surface area contributed by atoms with Crippen LogP contribution in [0.25, 0.3) is 0 Å². The van der Waals surface area contributed by atoms with Crippen LogP contribution in [0.4, 0.5) is 11.4 Å². The molecule has 0 saturated heterocycles. The van der Waals surface area contributed by atoms with Gasteiger partial charge < -0.3 is 10.2 Å². The fourth-order valence-corrected chi connectivity index (χ4v) is 7.73. The standard InChI is InChI=1S/C37H47ClN2O6S2/c1-27(36(2,3)30-15-6-8-17-32(30)39-23-11-25-47(41,42)43)19-20-28-13-10-14-29(35(28)38)21-22-34-37(4,5)31-16-7-9-18-33(31)40(34)24-12-26-48(44,45)46/h6-9,15-22,39H,1,10-14,23-26H2,2-5H3,(H,41,42,43)(H,44,45,46)/b20-19+,29-21+,34-22+. The first kappa shape index (κ1) is 37.7. The first-order valence-corrected chi connectivity index (χ1v) is 19.8. The number of anilines is 2. The molecule has 0 spiro atoms. The zero-order valence-corrected chi connectivity index (χ0v) is 30.6. The van der Waals surface area contributed by atoms with Gasteiger partial charge in [-0.05, 0) is 78.2 Å². The van der Waals surface area contributed by atoms with Gasteiger partial charge in [-0.2, -0.15) is 16.8 Å². The molecule has 11 heteroatoms. The van der Waals surface area contributed by atoms with Gasteiger partial charge in [0.2, 0.25) is 0 Å². The van der Waals surface area contributed by atoms with E-state index in [0.29, 0.717) is 24.5 Å². The van der Waals surface area contributed by atoms with Crippen LogP contribution in [-0.4, -0.2) is 50.5 Å². The van der Waals surface area contributed by atoms with Crippen molar-refractivity contribution < 1.29 is 25.9 Å². The van der Waals surface area contributed by atoms with Crippen LogP contribution >= 0.6 is 11.6 Å². The first-order chi connectivity index (χ1) is 22.4. The van der Waals surface area contributed by atoms with Gasteiger partial charge in [-0.25, -0.2) is 0 Å². The van der Waals surface area contributed by atoms with Gasteiger partial charge in [0, 0.05) is 46.0 Å². The normalized spacial score (nSPS) is 18.6. The van der Waals surface area contributed by atoms with Crippen molar-refractivity contribution in [2.24, 2.45) is 0 Å². The largest absolute Gasteiger partial charge is 0.385 e. The molecule has 0 aromatic heterocycles. The average molecular weight is 715 g/mol. The minimum absolute atomic E-state index is 0.282. The van der Waals surface area contributed by atoms with Crippen LogP contribution < -0.4 is 10.2 Å². The van der Waals surface area contributed by atoms with Crippen LogP contribution in [0.2, 0.25) is 0 Å². The average Bonchev–Trinajstić information content (AvgIpc) is 3.22. The van der Waals surface area contributed by atoms with Gasteiger partial charge in [-0.15, -0.1) is 0 Å². The van der Waals surface area contributed by atoms with E-state index in [1.54, 1.807) is 0 Å². The Morgan fingerprint density at radius 1 is 0.979 bits per heavy atom. The summed E-state index contributed by atoms with van der Waals surface area (Å²) in [5.41, 5.74) is 7.31. The highest BCUT2D eigenvalue weighted by Crippen LogP contribution is 2.48. The summed E-state index contributed by atoms with van der Waals surface area (Å²) in [6.07, 6.45) is 11.4. The monoisotopic (exact) mass is 714 g/mol. The molecular weight excluding hydrogens is 668 g/mol. The Kier molecular flexibility index (Phi) is 11.9. The lowest BCUT2D eigenvalue weighted by Gasteiger charge is -2.29. The molecule has 0 radical (unpaired) electrons. The van der Waals surface area contributed by atoms with Gasteiger partial charge in [0.1, 0.15) is 0 Å². The van der Waals surface area contributed by atoms with E-state index in [1.165, 1.54) is 0 Å². The molecule has 2 aromatic carbocycles. The fraction of sp³-hybridized carbons (Fsp3) is 0.405. The van der Waals surface area contributed by atoms with E-state index in [2.05, 4.69) is 62.7 Å². The van der Waals surface area contributed by atoms with Crippen molar-refractivity contribution in [1.82, 2.24) is 0 Å². The Morgan fingerprint density at radius 3 is 2.33 bits per heavy atom. The number of fused-ring (bicyclic) bond motifs is 1. The van der Waals surface area contributed by atoms with Crippen molar-refractivity contribution in [1.29, 1.82) is 0 Å². The summed E-state index contributed by atoms with van der Waals surface area (Å²) in [6.45, 7) is 13.8. The third-order valence-electron chi connectivity index (χ3n) is 9.27. The number of hydrogen-bond donors (Lipinski definition) is 3. The van der Waals surface area contributed by atoms with Gasteiger partial charge in [-0.1, -0.05) is 101 Å². The van der Waals surface area contributed by atoms with Crippen LogP contribution in [0.1, 0.15) is 70.9 Å². The van der Waals surface area contributed by atoms with Gasteiger partial charge >= 0.3 is 0 Å². The molecule has 48 heavy (non-hydrogen) atoms. The second-order valence-corrected chi connectivity index (χ2v) is 17.0. The highest BCUT2D eigenvalue weighted by Gasteiger charge is 2.39. The summed E-state index contributed by atoms with van der Waals surface area (Å²) in [7, 11) is -8.06. The quantitative estimate of drug-likeness (QED) is 0.101. The van der Waals surface area contributed by atoms with Crippen LogP contribution in [0.5, 0.6) is 0 Å². The maximum Gasteiger partial charge on any atom is 0.264 e. The second-order valence-electron chi connectivity index (χ2n) is 13.5. The van der Waals surface area contributed by atoms with Crippen molar-refractivity contribution >= 4 is 43.2 Å². The molecule has 3 N–H and O–H groups in total. The number of halogens is 1. The molecule has 260 valence electrons. The Bertz CT molecular complexity index is 1870. The predicted molar refractivity (Wildman–Crippen MR) is 198 cm³/mol. The molecule has 2 aromatic rings. The summed E-state index contributed by atoms with van der Waals surface area (Å²) >= 11 is 7.03. The Hall–Kier alpha value is -3.15. The second kappa shape index (κ2) is 15.2. The van der Waals surface area contributed by atoms with Gasteiger partial charge in [0.05, 0.1) is 11.5 Å². The summed E-state index contributed by atoms with van der Waals surface area (Å²) in [4.78, 5) is 2.14. The summed E-state index contributed by atoms with van der Waals surface area (Å²) in [5, 5.41) is 4.02. The van der Waals surface area contributed by atoms with Crippen molar-refractivity contribution in [3.05, 3.63) is 118 Å². The van der Waals surface area contributed by atoms with Gasteiger partial charge in [-0.3, -0.25) is 9.11 Å². The highest BCUT2D eigenvalue weighted by molar-refractivity contribution is 7.86. The molecule has 0 fully saturated rings. The maximum absolute atomic E-state index is 11.4. The zero-order chi connectivity index (χ0) is 35.3. The van der Waals surface area contributed by atoms with Crippen LogP contribution in [-0.2, 0) is 31.1 Å². The molecule has 0 bridgehead atoms. The molecule has 2 aliphatic rings. The SMILES string of the molecule is C=C(/C=C/C1=C(Cl)C(=C/C=C2/N(CCCS(=O)(=O)O)c3ccccc3C2(C)C)/CCC1)C(C)(C)c1ccccc1NCCCS(=O)(=O)O. The van der Waals surface area contributed by atoms with Crippen LogP contribution in [0, 0.1) is 0 Å². The molecule has 1 aliphatic heterocycles. The highest BCUT2D eigenvalue weighted by atomic mass is 35.5. The summed E-state index contributed by atoms with van der Waals surface area (Å²) in [5.74, 6) is -0.600. The molecule has 0 amide bonds. The van der Waals surface area contributed by atoms with Crippen LogP contribution in [0.3, 0.4) is 0 Å². The fourth-order valence-electron chi connectivity index (χ4n) is 6.42. The lowest BCUT2D eigenvalue weighted by molar-refractivity contribution is 0.479. The molecule has 1 heterocycles. The predicted octanol–water partition coefficient (Wildman–Crippen LogP) is 8.33. The smallest absolute Gasteiger partial charge is 0.264 e. The lowest BCUT2D eigenvalue weighted by atomic mass is 9.77. The molecular formula is C37H47ClN2O6S2. The molecule has 8 nitrogen and oxygen atoms in total. The van der Waals surface area contributed by atoms with Crippen LogP contribution in [0.15, 0.2) is 107 Å². The number of benzene rings is 2. The maximum atomic E-state index is 11.4. The molecule has 1 aliphatic carbocycles. The number of rotatable bonds is 14. The van der Waals surface area contributed by atoms with Crippen molar-refractivity contribution in [2.75, 3.05) is 34.8 Å². The van der Waals surface area contributed by atoms with E-state index >= 15 is 0 Å².